The highest BCUT2D eigenvalue weighted by Gasteiger charge is 2.43. The van der Waals surface area contributed by atoms with Crippen LogP contribution in [-0.2, 0) is 11.3 Å². The van der Waals surface area contributed by atoms with Crippen LogP contribution in [0.25, 0.3) is 0 Å². The summed E-state index contributed by atoms with van der Waals surface area (Å²) in [7, 11) is 2.22. The first-order valence-electron chi connectivity index (χ1n) is 8.08. The molecule has 1 atom stereocenters. The molecule has 2 fully saturated rings. The third-order valence-electron chi connectivity index (χ3n) is 5.13. The molecule has 0 aromatic carbocycles. The molecule has 3 heterocycles. The van der Waals surface area contributed by atoms with E-state index in [0.717, 1.165) is 32.8 Å². The fraction of sp³-hybridized carbons (Fsp3) is 0.812. The van der Waals surface area contributed by atoms with Crippen LogP contribution in [0.2, 0.25) is 0 Å². The molecule has 0 N–H and O–H groups in total. The van der Waals surface area contributed by atoms with E-state index in [1.165, 1.54) is 30.0 Å². The molecular formula is C16H27N3OS. The number of hydrogen-bond acceptors (Lipinski definition) is 5. The molecule has 1 aromatic rings. The summed E-state index contributed by atoms with van der Waals surface area (Å²) in [6.45, 7) is 9.60. The van der Waals surface area contributed by atoms with E-state index in [1.54, 1.807) is 11.3 Å². The molecule has 1 spiro atoms. The van der Waals surface area contributed by atoms with E-state index in [-0.39, 0.29) is 5.60 Å². The number of likely N-dealkylation sites (tertiary alicyclic amines) is 1. The SMILES string of the molecule is CCN(C)C1COC2(CCN(Cc3csc(C)n3)CC2)C1. The molecule has 118 valence electrons. The Bertz CT molecular complexity index is 468. The second kappa shape index (κ2) is 6.32. The number of ether oxygens (including phenoxy) is 1. The van der Waals surface area contributed by atoms with Gasteiger partial charge in [-0.3, -0.25) is 4.90 Å². The molecule has 4 nitrogen and oxygen atoms in total. The Morgan fingerprint density at radius 2 is 2.24 bits per heavy atom. The summed E-state index contributed by atoms with van der Waals surface area (Å²) in [6.07, 6.45) is 3.55. The van der Waals surface area contributed by atoms with E-state index in [9.17, 15) is 0 Å². The Hall–Kier alpha value is -0.490. The number of aryl methyl sites for hydroxylation is 1. The summed E-state index contributed by atoms with van der Waals surface area (Å²) in [5, 5.41) is 3.36. The lowest BCUT2D eigenvalue weighted by molar-refractivity contribution is -0.0453. The van der Waals surface area contributed by atoms with E-state index >= 15 is 0 Å². The van der Waals surface area contributed by atoms with Crippen molar-refractivity contribution in [1.82, 2.24) is 14.8 Å². The molecule has 0 radical (unpaired) electrons. The summed E-state index contributed by atoms with van der Waals surface area (Å²) in [4.78, 5) is 9.54. The van der Waals surface area contributed by atoms with Crippen LogP contribution < -0.4 is 0 Å². The van der Waals surface area contributed by atoms with E-state index in [2.05, 4.69) is 41.1 Å². The van der Waals surface area contributed by atoms with Gasteiger partial charge in [0.2, 0.25) is 0 Å². The van der Waals surface area contributed by atoms with Crippen molar-refractivity contribution in [3.05, 3.63) is 16.1 Å². The Balaban J connectivity index is 1.51. The topological polar surface area (TPSA) is 28.6 Å². The fourth-order valence-corrected chi connectivity index (χ4v) is 4.14. The lowest BCUT2D eigenvalue weighted by Gasteiger charge is -2.38. The van der Waals surface area contributed by atoms with E-state index in [1.807, 2.05) is 0 Å². The van der Waals surface area contributed by atoms with Crippen LogP contribution in [0.4, 0.5) is 0 Å². The summed E-state index contributed by atoms with van der Waals surface area (Å²) in [6, 6.07) is 0.614. The van der Waals surface area contributed by atoms with Crippen molar-refractivity contribution in [2.45, 2.75) is 51.3 Å². The predicted molar refractivity (Wildman–Crippen MR) is 86.8 cm³/mol. The third-order valence-corrected chi connectivity index (χ3v) is 5.95. The van der Waals surface area contributed by atoms with Crippen LogP contribution in [0.1, 0.15) is 36.9 Å². The highest BCUT2D eigenvalue weighted by atomic mass is 32.1. The minimum absolute atomic E-state index is 0.155. The number of hydrogen-bond donors (Lipinski definition) is 0. The zero-order chi connectivity index (χ0) is 14.9. The molecule has 0 aliphatic carbocycles. The number of nitrogens with zero attached hydrogens (tertiary/aromatic N) is 3. The maximum Gasteiger partial charge on any atom is 0.0897 e. The zero-order valence-corrected chi connectivity index (χ0v) is 14.3. The van der Waals surface area contributed by atoms with Gasteiger partial charge in [0.25, 0.3) is 0 Å². The van der Waals surface area contributed by atoms with Crippen molar-refractivity contribution >= 4 is 11.3 Å². The van der Waals surface area contributed by atoms with Gasteiger partial charge in [-0.2, -0.15) is 0 Å². The molecule has 1 aromatic heterocycles. The van der Waals surface area contributed by atoms with Gasteiger partial charge in [-0.1, -0.05) is 6.92 Å². The quantitative estimate of drug-likeness (QED) is 0.854. The van der Waals surface area contributed by atoms with Crippen molar-refractivity contribution in [3.8, 4) is 0 Å². The minimum atomic E-state index is 0.155. The summed E-state index contributed by atoms with van der Waals surface area (Å²) in [5.74, 6) is 0. The van der Waals surface area contributed by atoms with Gasteiger partial charge in [0.1, 0.15) is 0 Å². The molecule has 0 bridgehead atoms. The molecule has 1 unspecified atom stereocenters. The Labute approximate surface area is 132 Å². The van der Waals surface area contributed by atoms with Gasteiger partial charge in [-0.15, -0.1) is 11.3 Å². The van der Waals surface area contributed by atoms with Gasteiger partial charge in [0, 0.05) is 31.1 Å². The first-order chi connectivity index (χ1) is 10.1. The standard InChI is InChI=1S/C16H27N3OS/c1-4-18(3)15-9-16(20-11-15)5-7-19(8-6-16)10-14-12-21-13(2)17-14/h12,15H,4-11H2,1-3H3. The zero-order valence-electron chi connectivity index (χ0n) is 13.5. The van der Waals surface area contributed by atoms with Crippen molar-refractivity contribution in [3.63, 3.8) is 0 Å². The number of likely N-dealkylation sites (N-methyl/N-ethyl adjacent to an activating group) is 1. The molecule has 0 amide bonds. The van der Waals surface area contributed by atoms with Crippen LogP contribution >= 0.6 is 11.3 Å². The lowest BCUT2D eigenvalue weighted by atomic mass is 9.87. The minimum Gasteiger partial charge on any atom is -0.373 e. The summed E-state index contributed by atoms with van der Waals surface area (Å²) < 4.78 is 6.24. The fourth-order valence-electron chi connectivity index (χ4n) is 3.54. The second-order valence-corrected chi connectivity index (χ2v) is 7.62. The highest BCUT2D eigenvalue weighted by Crippen LogP contribution is 2.37. The average molecular weight is 309 g/mol. The number of aromatic nitrogens is 1. The summed E-state index contributed by atoms with van der Waals surface area (Å²) >= 11 is 1.75. The average Bonchev–Trinajstić information content (AvgIpc) is 3.08. The van der Waals surface area contributed by atoms with Gasteiger partial charge in [-0.25, -0.2) is 4.98 Å². The lowest BCUT2D eigenvalue weighted by Crippen LogP contribution is -2.44. The first kappa shape index (κ1) is 15.4. The number of rotatable bonds is 4. The van der Waals surface area contributed by atoms with Crippen molar-refractivity contribution < 1.29 is 4.74 Å². The smallest absolute Gasteiger partial charge is 0.0897 e. The van der Waals surface area contributed by atoms with Crippen LogP contribution in [0, 0.1) is 6.92 Å². The summed E-state index contributed by atoms with van der Waals surface area (Å²) in [5.41, 5.74) is 1.38. The highest BCUT2D eigenvalue weighted by molar-refractivity contribution is 7.09. The maximum atomic E-state index is 6.24. The maximum absolute atomic E-state index is 6.24. The molecule has 2 aliphatic rings. The molecule has 21 heavy (non-hydrogen) atoms. The van der Waals surface area contributed by atoms with Crippen LogP contribution in [0.15, 0.2) is 5.38 Å². The molecule has 0 saturated carbocycles. The largest absolute Gasteiger partial charge is 0.373 e. The van der Waals surface area contributed by atoms with Gasteiger partial charge < -0.3 is 9.64 Å². The number of piperidine rings is 1. The van der Waals surface area contributed by atoms with Gasteiger partial charge in [0.05, 0.1) is 22.9 Å². The molecule has 3 rings (SSSR count). The van der Waals surface area contributed by atoms with E-state index in [0.29, 0.717) is 6.04 Å². The normalized spacial score (nSPS) is 26.0. The molecule has 2 saturated heterocycles. The Morgan fingerprint density at radius 1 is 1.48 bits per heavy atom. The first-order valence-corrected chi connectivity index (χ1v) is 8.96. The van der Waals surface area contributed by atoms with Crippen molar-refractivity contribution in [2.24, 2.45) is 0 Å². The van der Waals surface area contributed by atoms with Gasteiger partial charge in [-0.05, 0) is 39.8 Å². The van der Waals surface area contributed by atoms with Gasteiger partial charge in [0.15, 0.2) is 0 Å². The molecular weight excluding hydrogens is 282 g/mol. The Kier molecular flexibility index (Phi) is 4.64. The van der Waals surface area contributed by atoms with Gasteiger partial charge >= 0.3 is 0 Å². The third kappa shape index (κ3) is 3.47. The second-order valence-electron chi connectivity index (χ2n) is 6.56. The predicted octanol–water partition coefficient (Wildman–Crippen LogP) is 2.53. The molecule has 2 aliphatic heterocycles. The van der Waals surface area contributed by atoms with E-state index < -0.39 is 0 Å². The van der Waals surface area contributed by atoms with Crippen LogP contribution in [0.3, 0.4) is 0 Å². The Morgan fingerprint density at radius 3 is 2.86 bits per heavy atom. The molecule has 5 heteroatoms. The number of thiazole rings is 1. The van der Waals surface area contributed by atoms with Crippen molar-refractivity contribution in [2.75, 3.05) is 33.3 Å². The van der Waals surface area contributed by atoms with E-state index in [4.69, 9.17) is 4.74 Å². The van der Waals surface area contributed by atoms with Crippen LogP contribution in [0.5, 0.6) is 0 Å². The van der Waals surface area contributed by atoms with Crippen molar-refractivity contribution in [1.29, 1.82) is 0 Å². The monoisotopic (exact) mass is 309 g/mol. The van der Waals surface area contributed by atoms with Crippen LogP contribution in [-0.4, -0.2) is 59.7 Å².